The summed E-state index contributed by atoms with van der Waals surface area (Å²) in [4.78, 5) is 12.8. The first-order valence-corrected chi connectivity index (χ1v) is 6.37. The van der Waals surface area contributed by atoms with Gasteiger partial charge in [0.05, 0.1) is 24.7 Å². The van der Waals surface area contributed by atoms with Crippen LogP contribution in [0.1, 0.15) is 10.4 Å². The molecule has 20 heavy (non-hydrogen) atoms. The summed E-state index contributed by atoms with van der Waals surface area (Å²) in [6.07, 6.45) is -4.45. The van der Waals surface area contributed by atoms with E-state index in [-0.39, 0.29) is 22.2 Å². The van der Waals surface area contributed by atoms with E-state index in [2.05, 4.69) is 0 Å². The molecule has 1 aromatic carbocycles. The predicted molar refractivity (Wildman–Crippen MR) is 70.4 cm³/mol. The van der Waals surface area contributed by atoms with E-state index < -0.39 is 31.7 Å². The van der Waals surface area contributed by atoms with Gasteiger partial charge < -0.3 is 5.11 Å². The number of halogens is 5. The number of aliphatic hydroxyl groups excluding tert-OH is 1. The van der Waals surface area contributed by atoms with Crippen LogP contribution < -0.4 is 0 Å². The Morgan fingerprint density at radius 2 is 1.95 bits per heavy atom. The van der Waals surface area contributed by atoms with Crippen LogP contribution in [0.15, 0.2) is 18.2 Å². The van der Waals surface area contributed by atoms with Gasteiger partial charge in [0, 0.05) is 17.1 Å². The number of carbonyl (C=O) groups excluding carboxylic acids is 1. The summed E-state index contributed by atoms with van der Waals surface area (Å²) < 4.78 is 37.0. The number of hydrogen-bond donors (Lipinski definition) is 1. The minimum absolute atomic E-state index is 0.0595. The highest BCUT2D eigenvalue weighted by molar-refractivity contribution is 6.36. The van der Waals surface area contributed by atoms with Crippen molar-refractivity contribution in [3.63, 3.8) is 0 Å². The molecule has 0 aliphatic rings. The third-order valence-corrected chi connectivity index (χ3v) is 2.98. The lowest BCUT2D eigenvalue weighted by Gasteiger charge is -2.22. The lowest BCUT2D eigenvalue weighted by Crippen LogP contribution is -2.39. The number of alkyl halides is 3. The largest absolute Gasteiger partial charge is 0.401 e. The van der Waals surface area contributed by atoms with Crippen LogP contribution in [0, 0.1) is 0 Å². The number of Topliss-reactive ketones (excluding diaryl/α,β-unsaturated/α-hetero) is 1. The van der Waals surface area contributed by atoms with Crippen LogP contribution in [0.2, 0.25) is 10.0 Å². The average Bonchev–Trinajstić information content (AvgIpc) is 2.30. The highest BCUT2D eigenvalue weighted by atomic mass is 35.5. The number of hydrogen-bond acceptors (Lipinski definition) is 3. The van der Waals surface area contributed by atoms with E-state index in [1.807, 2.05) is 0 Å². The van der Waals surface area contributed by atoms with Gasteiger partial charge >= 0.3 is 6.18 Å². The molecular formula is C12H12Cl2F3NO2. The van der Waals surface area contributed by atoms with Crippen molar-refractivity contribution in [2.45, 2.75) is 6.18 Å². The summed E-state index contributed by atoms with van der Waals surface area (Å²) in [5.41, 5.74) is 0.0595. The third kappa shape index (κ3) is 5.66. The van der Waals surface area contributed by atoms with Gasteiger partial charge in [-0.1, -0.05) is 23.2 Å². The van der Waals surface area contributed by atoms with Crippen molar-refractivity contribution in [2.24, 2.45) is 0 Å². The van der Waals surface area contributed by atoms with E-state index in [0.29, 0.717) is 0 Å². The van der Waals surface area contributed by atoms with Crippen molar-refractivity contribution < 1.29 is 23.1 Å². The quantitative estimate of drug-likeness (QED) is 0.815. The van der Waals surface area contributed by atoms with Crippen molar-refractivity contribution in [3.8, 4) is 0 Å². The van der Waals surface area contributed by atoms with E-state index in [1.165, 1.54) is 18.2 Å². The van der Waals surface area contributed by atoms with E-state index in [1.54, 1.807) is 0 Å². The van der Waals surface area contributed by atoms with E-state index in [0.717, 1.165) is 4.90 Å². The van der Waals surface area contributed by atoms with Crippen LogP contribution in [0.4, 0.5) is 13.2 Å². The van der Waals surface area contributed by atoms with Crippen molar-refractivity contribution in [1.82, 2.24) is 4.90 Å². The summed E-state index contributed by atoms with van der Waals surface area (Å²) in [6, 6.07) is 4.18. The van der Waals surface area contributed by atoms with Gasteiger partial charge in [-0.2, -0.15) is 13.2 Å². The van der Waals surface area contributed by atoms with Gasteiger partial charge in [-0.3, -0.25) is 9.69 Å². The normalized spacial score (nSPS) is 11.9. The fraction of sp³-hybridized carbons (Fsp3) is 0.417. The Hall–Kier alpha value is -0.820. The highest BCUT2D eigenvalue weighted by Crippen LogP contribution is 2.22. The fourth-order valence-corrected chi connectivity index (χ4v) is 2.00. The minimum Gasteiger partial charge on any atom is -0.395 e. The lowest BCUT2D eigenvalue weighted by molar-refractivity contribution is -0.145. The molecular weight excluding hydrogens is 318 g/mol. The Morgan fingerprint density at radius 1 is 1.30 bits per heavy atom. The fourth-order valence-electron chi connectivity index (χ4n) is 1.61. The predicted octanol–water partition coefficient (Wildman–Crippen LogP) is 3.03. The highest BCUT2D eigenvalue weighted by Gasteiger charge is 2.31. The van der Waals surface area contributed by atoms with Crippen molar-refractivity contribution in [1.29, 1.82) is 0 Å². The van der Waals surface area contributed by atoms with E-state index in [9.17, 15) is 18.0 Å². The number of ketones is 1. The molecule has 0 atom stereocenters. The molecule has 112 valence electrons. The zero-order chi connectivity index (χ0) is 15.3. The molecule has 0 radical (unpaired) electrons. The molecule has 1 N–H and O–H groups in total. The van der Waals surface area contributed by atoms with Gasteiger partial charge in [-0.05, 0) is 18.2 Å². The molecule has 0 heterocycles. The lowest BCUT2D eigenvalue weighted by atomic mass is 10.1. The minimum atomic E-state index is -4.45. The molecule has 0 amide bonds. The number of aliphatic hydroxyl groups is 1. The Labute approximate surface area is 123 Å². The molecule has 1 rings (SSSR count). The Balaban J connectivity index is 2.82. The maximum atomic E-state index is 12.3. The SMILES string of the molecule is O=C(CN(CCO)CC(F)(F)F)c1cc(Cl)ccc1Cl. The third-order valence-electron chi connectivity index (χ3n) is 2.42. The van der Waals surface area contributed by atoms with Crippen LogP contribution in [-0.4, -0.2) is 48.2 Å². The molecule has 0 spiro atoms. The van der Waals surface area contributed by atoms with Gasteiger partial charge in [0.1, 0.15) is 0 Å². The van der Waals surface area contributed by atoms with E-state index >= 15 is 0 Å². The molecule has 0 saturated carbocycles. The van der Waals surface area contributed by atoms with Crippen LogP contribution in [0.25, 0.3) is 0 Å². The van der Waals surface area contributed by atoms with Crippen LogP contribution in [0.5, 0.6) is 0 Å². The molecule has 3 nitrogen and oxygen atoms in total. The Morgan fingerprint density at radius 3 is 2.50 bits per heavy atom. The molecule has 0 aliphatic heterocycles. The first kappa shape index (κ1) is 17.2. The smallest absolute Gasteiger partial charge is 0.395 e. The van der Waals surface area contributed by atoms with Gasteiger partial charge in [-0.15, -0.1) is 0 Å². The maximum Gasteiger partial charge on any atom is 0.401 e. The molecule has 0 saturated heterocycles. The van der Waals surface area contributed by atoms with Gasteiger partial charge in [0.25, 0.3) is 0 Å². The van der Waals surface area contributed by atoms with Crippen LogP contribution in [0.3, 0.4) is 0 Å². The van der Waals surface area contributed by atoms with Gasteiger partial charge in [0.15, 0.2) is 5.78 Å². The van der Waals surface area contributed by atoms with Gasteiger partial charge in [-0.25, -0.2) is 0 Å². The molecule has 0 aliphatic carbocycles. The monoisotopic (exact) mass is 329 g/mol. The second-order valence-corrected chi connectivity index (χ2v) is 4.94. The summed E-state index contributed by atoms with van der Waals surface area (Å²) in [5, 5.41) is 9.13. The number of benzene rings is 1. The zero-order valence-electron chi connectivity index (χ0n) is 10.3. The zero-order valence-corrected chi connectivity index (χ0v) is 11.8. The average molecular weight is 330 g/mol. The van der Waals surface area contributed by atoms with Crippen LogP contribution in [-0.2, 0) is 0 Å². The van der Waals surface area contributed by atoms with Crippen molar-refractivity contribution >= 4 is 29.0 Å². The Bertz CT molecular complexity index is 480. The summed E-state index contributed by atoms with van der Waals surface area (Å²) in [6.45, 7) is -2.52. The molecule has 8 heteroatoms. The standard InChI is InChI=1S/C12H12Cl2F3NO2/c13-8-1-2-10(14)9(5-8)11(20)6-18(3-4-19)7-12(15,16)17/h1-2,5,19H,3-4,6-7H2. The molecule has 0 aromatic heterocycles. The maximum absolute atomic E-state index is 12.3. The topological polar surface area (TPSA) is 40.5 Å². The molecule has 1 aromatic rings. The van der Waals surface area contributed by atoms with Crippen molar-refractivity contribution in [3.05, 3.63) is 33.8 Å². The van der Waals surface area contributed by atoms with E-state index in [4.69, 9.17) is 28.3 Å². The molecule has 0 bridgehead atoms. The first-order chi connectivity index (χ1) is 9.23. The first-order valence-electron chi connectivity index (χ1n) is 5.61. The number of carbonyl (C=O) groups is 1. The summed E-state index contributed by atoms with van der Waals surface area (Å²) >= 11 is 11.5. The Kier molecular flexibility index (Phi) is 6.26. The number of rotatable bonds is 6. The second-order valence-electron chi connectivity index (χ2n) is 4.10. The summed E-state index contributed by atoms with van der Waals surface area (Å²) in [7, 11) is 0. The molecule has 0 unspecified atom stereocenters. The van der Waals surface area contributed by atoms with Crippen LogP contribution >= 0.6 is 23.2 Å². The summed E-state index contributed by atoms with van der Waals surface area (Å²) in [5.74, 6) is -0.588. The van der Waals surface area contributed by atoms with Gasteiger partial charge in [0.2, 0.25) is 0 Å². The second kappa shape index (κ2) is 7.26. The molecule has 0 fully saturated rings. The van der Waals surface area contributed by atoms with Crippen molar-refractivity contribution in [2.75, 3.05) is 26.2 Å². The number of nitrogens with zero attached hydrogens (tertiary/aromatic N) is 1.